The summed E-state index contributed by atoms with van der Waals surface area (Å²) >= 11 is 0. The van der Waals surface area contributed by atoms with Crippen LogP contribution in [0.15, 0.2) is 47.1 Å². The van der Waals surface area contributed by atoms with Gasteiger partial charge in [-0.2, -0.15) is 0 Å². The molecule has 1 unspecified atom stereocenters. The van der Waals surface area contributed by atoms with Gasteiger partial charge in [-0.05, 0) is 29.8 Å². The highest BCUT2D eigenvalue weighted by atomic mass is 19.1. The van der Waals surface area contributed by atoms with Crippen molar-refractivity contribution in [2.45, 2.75) is 12.6 Å². The van der Waals surface area contributed by atoms with Crippen molar-refractivity contribution < 1.29 is 13.9 Å². The van der Waals surface area contributed by atoms with Gasteiger partial charge in [-0.3, -0.25) is 0 Å². The zero-order chi connectivity index (χ0) is 12.1. The van der Waals surface area contributed by atoms with Crippen LogP contribution in [-0.4, -0.2) is 11.7 Å². The van der Waals surface area contributed by atoms with Crippen LogP contribution in [0.5, 0.6) is 0 Å². The molecule has 4 heteroatoms. The molecule has 0 saturated carbocycles. The predicted molar refractivity (Wildman–Crippen MR) is 61.8 cm³/mol. The molecule has 0 bridgehead atoms. The van der Waals surface area contributed by atoms with E-state index in [4.69, 9.17) is 4.42 Å². The molecule has 90 valence electrons. The Hall–Kier alpha value is -1.65. The van der Waals surface area contributed by atoms with Gasteiger partial charge in [-0.1, -0.05) is 12.1 Å². The van der Waals surface area contributed by atoms with E-state index in [0.29, 0.717) is 18.8 Å². The van der Waals surface area contributed by atoms with E-state index in [-0.39, 0.29) is 5.82 Å². The predicted octanol–water partition coefficient (Wildman–Crippen LogP) is 2.24. The van der Waals surface area contributed by atoms with Crippen molar-refractivity contribution in [1.82, 2.24) is 5.32 Å². The first-order valence-electron chi connectivity index (χ1n) is 5.42. The third-order valence-corrected chi connectivity index (χ3v) is 2.45. The molecular weight excluding hydrogens is 221 g/mol. The SMILES string of the molecule is OC(CNCc1ccc(F)cc1)c1ccco1. The van der Waals surface area contributed by atoms with Crippen LogP contribution in [0.3, 0.4) is 0 Å². The van der Waals surface area contributed by atoms with Crippen LogP contribution in [0.4, 0.5) is 4.39 Å². The van der Waals surface area contributed by atoms with Crippen molar-refractivity contribution in [3.05, 3.63) is 59.8 Å². The van der Waals surface area contributed by atoms with E-state index in [1.807, 2.05) is 0 Å². The first-order chi connectivity index (χ1) is 8.25. The lowest BCUT2D eigenvalue weighted by atomic mass is 10.2. The summed E-state index contributed by atoms with van der Waals surface area (Å²) in [5.74, 6) is 0.293. The van der Waals surface area contributed by atoms with Crippen LogP contribution in [0.2, 0.25) is 0 Å². The Balaban J connectivity index is 1.78. The average Bonchev–Trinajstić information content (AvgIpc) is 2.85. The molecule has 2 aromatic rings. The molecule has 0 fully saturated rings. The molecule has 2 rings (SSSR count). The van der Waals surface area contributed by atoms with Gasteiger partial charge in [0.1, 0.15) is 17.7 Å². The van der Waals surface area contributed by atoms with Gasteiger partial charge in [0.2, 0.25) is 0 Å². The first-order valence-corrected chi connectivity index (χ1v) is 5.42. The molecule has 0 saturated heterocycles. The number of aliphatic hydroxyl groups excluding tert-OH is 1. The summed E-state index contributed by atoms with van der Waals surface area (Å²) in [5.41, 5.74) is 0.970. The topological polar surface area (TPSA) is 45.4 Å². The molecule has 0 aliphatic rings. The molecule has 2 N–H and O–H groups in total. The molecule has 17 heavy (non-hydrogen) atoms. The number of rotatable bonds is 5. The molecule has 1 atom stereocenters. The number of aliphatic hydroxyl groups is 1. The van der Waals surface area contributed by atoms with Crippen LogP contribution >= 0.6 is 0 Å². The molecule has 1 aromatic carbocycles. The maximum atomic E-state index is 12.7. The molecule has 0 aliphatic heterocycles. The lowest BCUT2D eigenvalue weighted by molar-refractivity contribution is 0.147. The van der Waals surface area contributed by atoms with E-state index < -0.39 is 6.10 Å². The van der Waals surface area contributed by atoms with Crippen molar-refractivity contribution in [2.75, 3.05) is 6.54 Å². The quantitative estimate of drug-likeness (QED) is 0.835. The van der Waals surface area contributed by atoms with Crippen molar-refractivity contribution >= 4 is 0 Å². The minimum atomic E-state index is -0.662. The Morgan fingerprint density at radius 1 is 1.24 bits per heavy atom. The van der Waals surface area contributed by atoms with Gasteiger partial charge in [-0.15, -0.1) is 0 Å². The Morgan fingerprint density at radius 2 is 2.00 bits per heavy atom. The Morgan fingerprint density at radius 3 is 2.65 bits per heavy atom. The van der Waals surface area contributed by atoms with Gasteiger partial charge in [0, 0.05) is 13.1 Å². The van der Waals surface area contributed by atoms with Gasteiger partial charge >= 0.3 is 0 Å². The Bertz CT molecular complexity index is 439. The van der Waals surface area contributed by atoms with Crippen LogP contribution in [0.25, 0.3) is 0 Å². The number of furan rings is 1. The number of nitrogens with one attached hydrogen (secondary N) is 1. The van der Waals surface area contributed by atoms with Crippen molar-refractivity contribution in [3.63, 3.8) is 0 Å². The van der Waals surface area contributed by atoms with Crippen molar-refractivity contribution in [3.8, 4) is 0 Å². The number of halogens is 1. The number of hydrogen-bond acceptors (Lipinski definition) is 3. The monoisotopic (exact) mass is 235 g/mol. The fourth-order valence-corrected chi connectivity index (χ4v) is 1.54. The molecular formula is C13H14FNO2. The van der Waals surface area contributed by atoms with Gasteiger partial charge in [-0.25, -0.2) is 4.39 Å². The normalized spacial score (nSPS) is 12.6. The summed E-state index contributed by atoms with van der Waals surface area (Å²) in [4.78, 5) is 0. The van der Waals surface area contributed by atoms with Gasteiger partial charge in [0.15, 0.2) is 0 Å². The van der Waals surface area contributed by atoms with Crippen molar-refractivity contribution in [2.24, 2.45) is 0 Å². The zero-order valence-electron chi connectivity index (χ0n) is 9.27. The average molecular weight is 235 g/mol. The van der Waals surface area contributed by atoms with Crippen LogP contribution in [-0.2, 0) is 6.54 Å². The Kier molecular flexibility index (Phi) is 3.90. The fraction of sp³-hybridized carbons (Fsp3) is 0.231. The number of hydrogen-bond donors (Lipinski definition) is 2. The van der Waals surface area contributed by atoms with E-state index in [9.17, 15) is 9.50 Å². The van der Waals surface area contributed by atoms with Crippen LogP contribution in [0.1, 0.15) is 17.4 Å². The highest BCUT2D eigenvalue weighted by Crippen LogP contribution is 2.11. The van der Waals surface area contributed by atoms with Gasteiger partial charge < -0.3 is 14.8 Å². The summed E-state index contributed by atoms with van der Waals surface area (Å²) in [6.07, 6.45) is 0.865. The Labute approximate surface area is 98.9 Å². The maximum absolute atomic E-state index is 12.7. The molecule has 0 spiro atoms. The second-order valence-electron chi connectivity index (χ2n) is 3.79. The zero-order valence-corrected chi connectivity index (χ0v) is 9.27. The summed E-state index contributed by atoms with van der Waals surface area (Å²) in [7, 11) is 0. The highest BCUT2D eigenvalue weighted by Gasteiger charge is 2.09. The fourth-order valence-electron chi connectivity index (χ4n) is 1.54. The minimum absolute atomic E-state index is 0.246. The summed E-state index contributed by atoms with van der Waals surface area (Å²) in [6, 6.07) is 9.71. The minimum Gasteiger partial charge on any atom is -0.467 e. The lowest BCUT2D eigenvalue weighted by Gasteiger charge is -2.09. The smallest absolute Gasteiger partial charge is 0.133 e. The summed E-state index contributed by atoms with van der Waals surface area (Å²) < 4.78 is 17.7. The molecule has 1 aromatic heterocycles. The third-order valence-electron chi connectivity index (χ3n) is 2.45. The lowest BCUT2D eigenvalue weighted by Crippen LogP contribution is -2.20. The molecule has 1 heterocycles. The third kappa shape index (κ3) is 3.41. The molecule has 3 nitrogen and oxygen atoms in total. The second kappa shape index (κ2) is 5.61. The van der Waals surface area contributed by atoms with E-state index in [1.165, 1.54) is 18.4 Å². The summed E-state index contributed by atoms with van der Waals surface area (Å²) in [5, 5.41) is 12.8. The van der Waals surface area contributed by atoms with E-state index in [1.54, 1.807) is 24.3 Å². The first kappa shape index (κ1) is 11.8. The molecule has 0 aliphatic carbocycles. The second-order valence-corrected chi connectivity index (χ2v) is 3.79. The molecule has 0 radical (unpaired) electrons. The van der Waals surface area contributed by atoms with E-state index >= 15 is 0 Å². The van der Waals surface area contributed by atoms with Gasteiger partial charge in [0.25, 0.3) is 0 Å². The molecule has 0 amide bonds. The standard InChI is InChI=1S/C13H14FNO2/c14-11-5-3-10(4-6-11)8-15-9-12(16)13-2-1-7-17-13/h1-7,12,15-16H,8-9H2. The number of benzene rings is 1. The maximum Gasteiger partial charge on any atom is 0.133 e. The van der Waals surface area contributed by atoms with Crippen LogP contribution in [0, 0.1) is 5.82 Å². The van der Waals surface area contributed by atoms with E-state index in [0.717, 1.165) is 5.56 Å². The van der Waals surface area contributed by atoms with Crippen molar-refractivity contribution in [1.29, 1.82) is 0 Å². The van der Waals surface area contributed by atoms with Crippen LogP contribution < -0.4 is 5.32 Å². The summed E-state index contributed by atoms with van der Waals surface area (Å²) in [6.45, 7) is 0.975. The van der Waals surface area contributed by atoms with E-state index in [2.05, 4.69) is 5.32 Å². The largest absolute Gasteiger partial charge is 0.467 e. The highest BCUT2D eigenvalue weighted by molar-refractivity contribution is 5.15. The van der Waals surface area contributed by atoms with Gasteiger partial charge in [0.05, 0.1) is 6.26 Å².